The van der Waals surface area contributed by atoms with Crippen LogP contribution >= 0.6 is 15.9 Å². The summed E-state index contributed by atoms with van der Waals surface area (Å²) in [4.78, 5) is 6.45. The molecule has 1 aliphatic heterocycles. The third-order valence-electron chi connectivity index (χ3n) is 7.93. The van der Waals surface area contributed by atoms with Gasteiger partial charge in [-0.05, 0) is 72.7 Å². The largest absolute Gasteiger partial charge is 0.497 e. The standard InChI is InChI=1S/C29H29BrN2O/c1-33-24-9-5-8-21(14-24)29-12-13-32(18-20-6-3-2-4-7-20)19-22(29)15-26-25-11-10-23(30)16-27(25)31-28(26)17-29/h2-11,14,16,22,31H,12-13,15,17-19H2,1H3/t22?,29-/m0/s1. The summed E-state index contributed by atoms with van der Waals surface area (Å²) >= 11 is 3.65. The van der Waals surface area contributed by atoms with Crippen LogP contribution in [0.5, 0.6) is 5.75 Å². The fourth-order valence-electron chi connectivity index (χ4n) is 6.26. The van der Waals surface area contributed by atoms with Crippen LogP contribution in [0.1, 0.15) is 28.8 Å². The highest BCUT2D eigenvalue weighted by Gasteiger charge is 2.48. The van der Waals surface area contributed by atoms with Gasteiger partial charge in [0.15, 0.2) is 0 Å². The molecule has 4 aromatic rings. The smallest absolute Gasteiger partial charge is 0.119 e. The quantitative estimate of drug-likeness (QED) is 0.346. The van der Waals surface area contributed by atoms with E-state index in [1.807, 2.05) is 0 Å². The fraction of sp³-hybridized carbons (Fsp3) is 0.310. The van der Waals surface area contributed by atoms with Crippen molar-refractivity contribution in [2.45, 2.75) is 31.2 Å². The SMILES string of the molecule is COc1cccc([C@@]23CCN(Cc4ccccc4)CC2Cc2c([nH]c4cc(Br)ccc24)C3)c1. The number of nitrogens with zero attached hydrogens (tertiary/aromatic N) is 1. The summed E-state index contributed by atoms with van der Waals surface area (Å²) in [6.07, 6.45) is 3.33. The van der Waals surface area contributed by atoms with Crippen LogP contribution in [-0.2, 0) is 24.8 Å². The molecule has 3 aromatic carbocycles. The first-order valence-corrected chi connectivity index (χ1v) is 12.6. The Kier molecular flexibility index (Phi) is 5.31. The van der Waals surface area contributed by atoms with Crippen molar-refractivity contribution in [1.29, 1.82) is 0 Å². The molecule has 1 saturated heterocycles. The maximum absolute atomic E-state index is 5.63. The van der Waals surface area contributed by atoms with Crippen LogP contribution < -0.4 is 4.74 Å². The third kappa shape index (κ3) is 3.70. The van der Waals surface area contributed by atoms with Gasteiger partial charge in [-0.25, -0.2) is 0 Å². The molecule has 0 saturated carbocycles. The number of aromatic nitrogens is 1. The van der Waals surface area contributed by atoms with Gasteiger partial charge < -0.3 is 9.72 Å². The molecule has 6 rings (SSSR count). The molecule has 1 aromatic heterocycles. The molecule has 0 amide bonds. The van der Waals surface area contributed by atoms with Crippen molar-refractivity contribution < 1.29 is 4.74 Å². The minimum Gasteiger partial charge on any atom is -0.497 e. The zero-order valence-electron chi connectivity index (χ0n) is 19.0. The lowest BCUT2D eigenvalue weighted by Crippen LogP contribution is -2.53. The van der Waals surface area contributed by atoms with Crippen LogP contribution in [0.3, 0.4) is 0 Å². The van der Waals surface area contributed by atoms with Crippen molar-refractivity contribution >= 4 is 26.8 Å². The van der Waals surface area contributed by atoms with E-state index in [0.29, 0.717) is 5.92 Å². The monoisotopic (exact) mass is 500 g/mol. The lowest BCUT2D eigenvalue weighted by Gasteiger charge is -2.51. The normalized spacial score (nSPS) is 22.7. The number of rotatable bonds is 4. The number of fused-ring (bicyclic) bond motifs is 4. The van der Waals surface area contributed by atoms with Gasteiger partial charge in [0.05, 0.1) is 7.11 Å². The number of methoxy groups -OCH3 is 1. The summed E-state index contributed by atoms with van der Waals surface area (Å²) in [7, 11) is 1.77. The van der Waals surface area contributed by atoms with Crippen molar-refractivity contribution in [3.05, 3.63) is 99.7 Å². The number of benzene rings is 3. The molecule has 33 heavy (non-hydrogen) atoms. The lowest BCUT2D eigenvalue weighted by molar-refractivity contribution is 0.0765. The van der Waals surface area contributed by atoms with Gasteiger partial charge in [-0.2, -0.15) is 0 Å². The van der Waals surface area contributed by atoms with E-state index in [2.05, 4.69) is 98.6 Å². The van der Waals surface area contributed by atoms with Crippen LogP contribution in [0, 0.1) is 5.92 Å². The van der Waals surface area contributed by atoms with Gasteiger partial charge in [0.1, 0.15) is 5.75 Å². The Morgan fingerprint density at radius 3 is 2.79 bits per heavy atom. The topological polar surface area (TPSA) is 28.3 Å². The number of ether oxygens (including phenoxy) is 1. The first kappa shape index (κ1) is 21.0. The highest BCUT2D eigenvalue weighted by atomic mass is 79.9. The summed E-state index contributed by atoms with van der Waals surface area (Å²) in [5.74, 6) is 1.52. The number of aromatic amines is 1. The predicted molar refractivity (Wildman–Crippen MR) is 138 cm³/mol. The zero-order valence-corrected chi connectivity index (χ0v) is 20.6. The molecule has 1 aliphatic carbocycles. The molecule has 0 spiro atoms. The molecule has 3 nitrogen and oxygen atoms in total. The Hall–Kier alpha value is -2.56. The molecule has 1 N–H and O–H groups in total. The Bertz CT molecular complexity index is 1300. The van der Waals surface area contributed by atoms with Crippen molar-refractivity contribution in [3.8, 4) is 5.75 Å². The highest BCUT2D eigenvalue weighted by molar-refractivity contribution is 9.10. The summed E-state index contributed by atoms with van der Waals surface area (Å²) < 4.78 is 6.76. The molecule has 2 heterocycles. The van der Waals surface area contributed by atoms with E-state index >= 15 is 0 Å². The number of nitrogens with one attached hydrogen (secondary N) is 1. The number of likely N-dealkylation sites (tertiary alicyclic amines) is 1. The minimum absolute atomic E-state index is 0.132. The average Bonchev–Trinajstić information content (AvgIpc) is 3.19. The first-order valence-electron chi connectivity index (χ1n) is 11.8. The Balaban J connectivity index is 1.41. The average molecular weight is 501 g/mol. The van der Waals surface area contributed by atoms with Crippen molar-refractivity contribution in [3.63, 3.8) is 0 Å². The Morgan fingerprint density at radius 2 is 1.94 bits per heavy atom. The molecule has 4 heteroatoms. The maximum Gasteiger partial charge on any atom is 0.119 e. The van der Waals surface area contributed by atoms with E-state index in [1.165, 1.54) is 33.3 Å². The number of piperidine rings is 1. The van der Waals surface area contributed by atoms with Gasteiger partial charge in [-0.15, -0.1) is 0 Å². The third-order valence-corrected chi connectivity index (χ3v) is 8.42. The van der Waals surface area contributed by atoms with Gasteiger partial charge in [-0.1, -0.05) is 64.5 Å². The predicted octanol–water partition coefficient (Wildman–Crippen LogP) is 6.50. The zero-order chi connectivity index (χ0) is 22.4. The van der Waals surface area contributed by atoms with E-state index in [4.69, 9.17) is 4.74 Å². The molecule has 2 atom stereocenters. The maximum atomic E-state index is 5.63. The molecular weight excluding hydrogens is 472 g/mol. The molecule has 0 radical (unpaired) electrons. The van der Waals surface area contributed by atoms with Crippen LogP contribution in [0.2, 0.25) is 0 Å². The minimum atomic E-state index is 0.132. The van der Waals surface area contributed by atoms with Crippen molar-refractivity contribution in [2.24, 2.45) is 5.92 Å². The Labute approximate surface area is 203 Å². The van der Waals surface area contributed by atoms with Gasteiger partial charge in [0.2, 0.25) is 0 Å². The number of H-pyrrole nitrogens is 1. The number of hydrogen-bond donors (Lipinski definition) is 1. The summed E-state index contributed by atoms with van der Waals surface area (Å²) in [5.41, 5.74) is 7.14. The molecular formula is C29H29BrN2O. The van der Waals surface area contributed by atoms with Crippen LogP contribution in [0.15, 0.2) is 77.3 Å². The van der Waals surface area contributed by atoms with Gasteiger partial charge in [0.25, 0.3) is 0 Å². The van der Waals surface area contributed by atoms with E-state index in [0.717, 1.165) is 49.1 Å². The van der Waals surface area contributed by atoms with Gasteiger partial charge in [-0.3, -0.25) is 4.90 Å². The molecule has 0 bridgehead atoms. The van der Waals surface area contributed by atoms with Crippen molar-refractivity contribution in [1.82, 2.24) is 9.88 Å². The second-order valence-electron chi connectivity index (χ2n) is 9.71. The van der Waals surface area contributed by atoms with Crippen molar-refractivity contribution in [2.75, 3.05) is 20.2 Å². The first-order chi connectivity index (χ1) is 16.1. The second kappa shape index (κ2) is 8.34. The van der Waals surface area contributed by atoms with Crippen LogP contribution in [0.25, 0.3) is 10.9 Å². The molecule has 2 aliphatic rings. The fourth-order valence-corrected chi connectivity index (χ4v) is 6.62. The van der Waals surface area contributed by atoms with Crippen LogP contribution in [0.4, 0.5) is 0 Å². The van der Waals surface area contributed by atoms with E-state index < -0.39 is 0 Å². The molecule has 1 unspecified atom stereocenters. The van der Waals surface area contributed by atoms with E-state index in [9.17, 15) is 0 Å². The number of hydrogen-bond acceptors (Lipinski definition) is 2. The van der Waals surface area contributed by atoms with Gasteiger partial charge >= 0.3 is 0 Å². The second-order valence-corrected chi connectivity index (χ2v) is 10.6. The highest BCUT2D eigenvalue weighted by Crippen LogP contribution is 2.49. The lowest BCUT2D eigenvalue weighted by atomic mass is 9.58. The van der Waals surface area contributed by atoms with E-state index in [1.54, 1.807) is 7.11 Å². The Morgan fingerprint density at radius 1 is 1.06 bits per heavy atom. The molecule has 1 fully saturated rings. The molecule has 168 valence electrons. The summed E-state index contributed by atoms with van der Waals surface area (Å²) in [6, 6.07) is 26.4. The van der Waals surface area contributed by atoms with Gasteiger partial charge in [0, 0.05) is 39.6 Å². The summed E-state index contributed by atoms with van der Waals surface area (Å²) in [6.45, 7) is 3.26. The summed E-state index contributed by atoms with van der Waals surface area (Å²) in [5, 5.41) is 1.38. The number of halogens is 1. The van der Waals surface area contributed by atoms with E-state index in [-0.39, 0.29) is 5.41 Å². The van der Waals surface area contributed by atoms with Crippen LogP contribution in [-0.4, -0.2) is 30.1 Å².